The molecule has 0 spiro atoms. The van der Waals surface area contributed by atoms with E-state index in [-0.39, 0.29) is 6.10 Å². The van der Waals surface area contributed by atoms with Crippen molar-refractivity contribution in [2.75, 3.05) is 0 Å². The summed E-state index contributed by atoms with van der Waals surface area (Å²) in [4.78, 5) is 0. The molecule has 1 rings (SSSR count). The summed E-state index contributed by atoms with van der Waals surface area (Å²) in [5.41, 5.74) is 1.21. The first-order chi connectivity index (χ1) is 9.24. The molecule has 2 heteroatoms. The Morgan fingerprint density at radius 2 is 1.63 bits per heavy atom. The van der Waals surface area contributed by atoms with Crippen LogP contribution < -0.4 is 0 Å². The average molecular weight is 327 g/mol. The molecule has 0 saturated carbocycles. The van der Waals surface area contributed by atoms with Gasteiger partial charge in [0.25, 0.3) is 0 Å². The van der Waals surface area contributed by atoms with Crippen molar-refractivity contribution in [2.45, 2.75) is 70.8 Å². The minimum absolute atomic E-state index is 0.200. The smallest absolute Gasteiger partial charge is 0.0581 e. The Morgan fingerprint density at radius 1 is 1.00 bits per heavy atom. The fourth-order valence-electron chi connectivity index (χ4n) is 2.36. The van der Waals surface area contributed by atoms with Gasteiger partial charge in [0.1, 0.15) is 0 Å². The molecule has 0 bridgehead atoms. The van der Waals surface area contributed by atoms with E-state index >= 15 is 0 Å². The molecule has 1 aromatic carbocycles. The molecule has 1 aromatic rings. The number of hydrogen-bond donors (Lipinski definition) is 1. The van der Waals surface area contributed by atoms with Crippen molar-refractivity contribution in [3.05, 3.63) is 34.3 Å². The highest BCUT2D eigenvalue weighted by Crippen LogP contribution is 2.19. The first-order valence-corrected chi connectivity index (χ1v) is 8.44. The molecule has 1 N–H and O–H groups in total. The van der Waals surface area contributed by atoms with Gasteiger partial charge in [-0.3, -0.25) is 0 Å². The second-order valence-corrected chi connectivity index (χ2v) is 6.21. The first kappa shape index (κ1) is 16.7. The fourth-order valence-corrected chi connectivity index (χ4v) is 2.80. The number of halogens is 1. The maximum Gasteiger partial charge on any atom is 0.0581 e. The van der Waals surface area contributed by atoms with Gasteiger partial charge in [-0.1, -0.05) is 86.0 Å². The van der Waals surface area contributed by atoms with Crippen LogP contribution in [0.3, 0.4) is 0 Å². The summed E-state index contributed by atoms with van der Waals surface area (Å²) < 4.78 is 1.11. The van der Waals surface area contributed by atoms with E-state index in [9.17, 15) is 5.11 Å². The van der Waals surface area contributed by atoms with Crippen LogP contribution in [-0.4, -0.2) is 11.2 Å². The van der Waals surface area contributed by atoms with E-state index in [2.05, 4.69) is 28.9 Å². The summed E-state index contributed by atoms with van der Waals surface area (Å²) in [5.74, 6) is 0. The van der Waals surface area contributed by atoms with Gasteiger partial charge in [0.15, 0.2) is 0 Å². The largest absolute Gasteiger partial charge is 0.393 e. The maximum atomic E-state index is 10.0. The van der Waals surface area contributed by atoms with Crippen molar-refractivity contribution in [3.63, 3.8) is 0 Å². The number of aliphatic hydroxyl groups excluding tert-OH is 1. The van der Waals surface area contributed by atoms with Crippen LogP contribution in [0.25, 0.3) is 0 Å². The molecule has 1 atom stereocenters. The summed E-state index contributed by atoms with van der Waals surface area (Å²) >= 11 is 3.53. The molecular weight excluding hydrogens is 300 g/mol. The van der Waals surface area contributed by atoms with Crippen molar-refractivity contribution >= 4 is 15.9 Å². The molecular formula is C17H27BrO. The van der Waals surface area contributed by atoms with Crippen molar-refractivity contribution in [1.29, 1.82) is 0 Å². The topological polar surface area (TPSA) is 20.2 Å². The van der Waals surface area contributed by atoms with Gasteiger partial charge in [0.05, 0.1) is 6.10 Å². The second-order valence-electron chi connectivity index (χ2n) is 5.36. The predicted octanol–water partition coefficient (Wildman–Crippen LogP) is 5.49. The van der Waals surface area contributed by atoms with Crippen molar-refractivity contribution in [2.24, 2.45) is 0 Å². The SMILES string of the molecule is CCCCCCCCCC(O)Cc1ccccc1Br. The van der Waals surface area contributed by atoms with Crippen LogP contribution in [0.15, 0.2) is 28.7 Å². The molecule has 1 nitrogen and oxygen atoms in total. The third kappa shape index (κ3) is 7.74. The summed E-state index contributed by atoms with van der Waals surface area (Å²) in [7, 11) is 0. The van der Waals surface area contributed by atoms with Crippen LogP contribution in [-0.2, 0) is 6.42 Å². The molecule has 0 aromatic heterocycles. The number of unbranched alkanes of at least 4 members (excludes halogenated alkanes) is 6. The van der Waals surface area contributed by atoms with Gasteiger partial charge >= 0.3 is 0 Å². The van der Waals surface area contributed by atoms with Gasteiger partial charge in [0.2, 0.25) is 0 Å². The Kier molecular flexibility index (Phi) is 9.19. The molecule has 0 heterocycles. The molecule has 0 radical (unpaired) electrons. The third-order valence-electron chi connectivity index (χ3n) is 3.55. The molecule has 0 aliphatic carbocycles. The van der Waals surface area contributed by atoms with E-state index in [4.69, 9.17) is 0 Å². The summed E-state index contributed by atoms with van der Waals surface area (Å²) in [6, 6.07) is 8.16. The normalized spacial score (nSPS) is 12.6. The first-order valence-electron chi connectivity index (χ1n) is 7.65. The van der Waals surface area contributed by atoms with E-state index in [1.54, 1.807) is 0 Å². The molecule has 0 amide bonds. The highest BCUT2D eigenvalue weighted by atomic mass is 79.9. The monoisotopic (exact) mass is 326 g/mol. The Bertz CT molecular complexity index is 338. The van der Waals surface area contributed by atoms with Gasteiger partial charge in [0, 0.05) is 4.47 Å². The minimum atomic E-state index is -0.200. The zero-order valence-electron chi connectivity index (χ0n) is 12.1. The van der Waals surface area contributed by atoms with E-state index in [1.807, 2.05) is 18.2 Å². The van der Waals surface area contributed by atoms with Gasteiger partial charge < -0.3 is 5.11 Å². The van der Waals surface area contributed by atoms with Crippen LogP contribution in [0.1, 0.15) is 63.9 Å². The predicted molar refractivity (Wildman–Crippen MR) is 86.5 cm³/mol. The number of rotatable bonds is 10. The third-order valence-corrected chi connectivity index (χ3v) is 4.33. The lowest BCUT2D eigenvalue weighted by molar-refractivity contribution is 0.160. The quantitative estimate of drug-likeness (QED) is 0.563. The lowest BCUT2D eigenvalue weighted by Gasteiger charge is -2.11. The summed E-state index contributed by atoms with van der Waals surface area (Å²) in [6.45, 7) is 2.25. The van der Waals surface area contributed by atoms with Crippen molar-refractivity contribution in [3.8, 4) is 0 Å². The van der Waals surface area contributed by atoms with Gasteiger partial charge in [-0.25, -0.2) is 0 Å². The van der Waals surface area contributed by atoms with Gasteiger partial charge in [-0.2, -0.15) is 0 Å². The van der Waals surface area contributed by atoms with Gasteiger partial charge in [-0.15, -0.1) is 0 Å². The lowest BCUT2D eigenvalue weighted by atomic mass is 10.0. The summed E-state index contributed by atoms with van der Waals surface area (Å²) in [5, 5.41) is 10.0. The Balaban J connectivity index is 2.08. The Labute approximate surface area is 126 Å². The molecule has 0 fully saturated rings. The second kappa shape index (κ2) is 10.4. The standard InChI is InChI=1S/C17H27BrO/c1-2-3-4-5-6-7-8-12-16(19)14-15-11-9-10-13-17(15)18/h9-11,13,16,19H,2-8,12,14H2,1H3. The van der Waals surface area contributed by atoms with E-state index < -0.39 is 0 Å². The van der Waals surface area contributed by atoms with Gasteiger partial charge in [-0.05, 0) is 24.5 Å². The molecule has 108 valence electrons. The Morgan fingerprint density at radius 3 is 2.32 bits per heavy atom. The lowest BCUT2D eigenvalue weighted by Crippen LogP contribution is -2.10. The van der Waals surface area contributed by atoms with Crippen LogP contribution in [0.4, 0.5) is 0 Å². The van der Waals surface area contributed by atoms with Crippen LogP contribution >= 0.6 is 15.9 Å². The zero-order chi connectivity index (χ0) is 13.9. The highest BCUT2D eigenvalue weighted by molar-refractivity contribution is 9.10. The zero-order valence-corrected chi connectivity index (χ0v) is 13.7. The van der Waals surface area contributed by atoms with Crippen molar-refractivity contribution in [1.82, 2.24) is 0 Å². The molecule has 0 saturated heterocycles. The minimum Gasteiger partial charge on any atom is -0.393 e. The average Bonchev–Trinajstić information content (AvgIpc) is 2.40. The van der Waals surface area contributed by atoms with Crippen LogP contribution in [0.2, 0.25) is 0 Å². The van der Waals surface area contributed by atoms with E-state index in [1.165, 1.54) is 44.1 Å². The molecule has 1 unspecified atom stereocenters. The maximum absolute atomic E-state index is 10.0. The molecule has 0 aliphatic rings. The van der Waals surface area contributed by atoms with Crippen LogP contribution in [0, 0.1) is 0 Å². The number of hydrogen-bond acceptors (Lipinski definition) is 1. The van der Waals surface area contributed by atoms with E-state index in [0.29, 0.717) is 0 Å². The van der Waals surface area contributed by atoms with E-state index in [0.717, 1.165) is 23.7 Å². The molecule has 19 heavy (non-hydrogen) atoms. The molecule has 0 aliphatic heterocycles. The Hall–Kier alpha value is -0.340. The fraction of sp³-hybridized carbons (Fsp3) is 0.647. The highest BCUT2D eigenvalue weighted by Gasteiger charge is 2.07. The number of aliphatic hydroxyl groups is 1. The van der Waals surface area contributed by atoms with Crippen LogP contribution in [0.5, 0.6) is 0 Å². The van der Waals surface area contributed by atoms with Crippen molar-refractivity contribution < 1.29 is 5.11 Å². The number of benzene rings is 1. The summed E-state index contributed by atoms with van der Waals surface area (Å²) in [6.07, 6.45) is 10.6.